The van der Waals surface area contributed by atoms with Crippen molar-refractivity contribution in [1.82, 2.24) is 9.80 Å². The van der Waals surface area contributed by atoms with Gasteiger partial charge in [-0.25, -0.2) is 4.79 Å². The van der Waals surface area contributed by atoms with Crippen LogP contribution in [-0.2, 0) is 4.79 Å². The van der Waals surface area contributed by atoms with Crippen LogP contribution >= 0.6 is 0 Å². The molecule has 5 heteroatoms. The molecular weight excluding hydrogens is 256 g/mol. The fourth-order valence-electron chi connectivity index (χ4n) is 3.65. The molecule has 1 N–H and O–H groups in total. The van der Waals surface area contributed by atoms with Crippen molar-refractivity contribution in [3.05, 3.63) is 0 Å². The minimum absolute atomic E-state index is 0.0163. The van der Waals surface area contributed by atoms with Gasteiger partial charge in [0.15, 0.2) is 0 Å². The van der Waals surface area contributed by atoms with Gasteiger partial charge in [0.05, 0.1) is 5.92 Å². The van der Waals surface area contributed by atoms with Crippen LogP contribution in [0.1, 0.15) is 52.9 Å². The Hall–Kier alpha value is -1.26. The van der Waals surface area contributed by atoms with Crippen molar-refractivity contribution in [3.8, 4) is 0 Å². The van der Waals surface area contributed by atoms with Crippen LogP contribution in [0.15, 0.2) is 0 Å². The van der Waals surface area contributed by atoms with E-state index in [1.807, 2.05) is 16.7 Å². The maximum Gasteiger partial charge on any atom is 0.320 e. The van der Waals surface area contributed by atoms with Gasteiger partial charge in [-0.15, -0.1) is 0 Å². The number of carboxylic acid groups (broad SMARTS) is 1. The third-order valence-electron chi connectivity index (χ3n) is 4.95. The minimum atomic E-state index is -0.732. The maximum absolute atomic E-state index is 12.8. The van der Waals surface area contributed by atoms with Crippen molar-refractivity contribution in [2.75, 3.05) is 6.54 Å². The maximum atomic E-state index is 12.8. The summed E-state index contributed by atoms with van der Waals surface area (Å²) in [7, 11) is 0. The van der Waals surface area contributed by atoms with E-state index >= 15 is 0 Å². The number of carbonyl (C=O) groups is 2. The molecule has 2 aliphatic heterocycles. The van der Waals surface area contributed by atoms with Gasteiger partial charge in [0.2, 0.25) is 0 Å². The average molecular weight is 282 g/mol. The molecule has 20 heavy (non-hydrogen) atoms. The van der Waals surface area contributed by atoms with E-state index in [1.54, 1.807) is 0 Å². The molecule has 0 radical (unpaired) electrons. The monoisotopic (exact) mass is 282 g/mol. The summed E-state index contributed by atoms with van der Waals surface area (Å²) in [6.45, 7) is 6.77. The van der Waals surface area contributed by atoms with E-state index in [1.165, 1.54) is 0 Å². The fourth-order valence-corrected chi connectivity index (χ4v) is 3.65. The van der Waals surface area contributed by atoms with Crippen molar-refractivity contribution < 1.29 is 14.7 Å². The van der Waals surface area contributed by atoms with Crippen LogP contribution < -0.4 is 0 Å². The number of hydrogen-bond acceptors (Lipinski definition) is 2. The highest BCUT2D eigenvalue weighted by molar-refractivity contribution is 5.77. The number of rotatable bonds is 2. The molecule has 2 fully saturated rings. The summed E-state index contributed by atoms with van der Waals surface area (Å²) in [6, 6.07) is 0.777. The quantitative estimate of drug-likeness (QED) is 0.846. The van der Waals surface area contributed by atoms with Crippen LogP contribution in [0.4, 0.5) is 4.79 Å². The number of aliphatic carboxylic acids is 1. The number of piperidine rings is 1. The number of amides is 2. The molecule has 2 aliphatic rings. The largest absolute Gasteiger partial charge is 0.481 e. The number of urea groups is 1. The number of carbonyl (C=O) groups excluding carboxylic acids is 1. The topological polar surface area (TPSA) is 60.9 Å². The van der Waals surface area contributed by atoms with E-state index in [0.717, 1.165) is 19.3 Å². The number of carboxylic acids is 1. The van der Waals surface area contributed by atoms with Crippen molar-refractivity contribution >= 4 is 12.0 Å². The minimum Gasteiger partial charge on any atom is -0.481 e. The summed E-state index contributed by atoms with van der Waals surface area (Å²) < 4.78 is 0. The van der Waals surface area contributed by atoms with Gasteiger partial charge >= 0.3 is 12.0 Å². The van der Waals surface area contributed by atoms with Gasteiger partial charge in [-0.2, -0.15) is 0 Å². The highest BCUT2D eigenvalue weighted by Gasteiger charge is 2.39. The van der Waals surface area contributed by atoms with E-state index in [2.05, 4.69) is 13.8 Å². The molecule has 5 nitrogen and oxygen atoms in total. The van der Waals surface area contributed by atoms with Crippen molar-refractivity contribution in [2.45, 2.75) is 71.0 Å². The lowest BCUT2D eigenvalue weighted by Crippen LogP contribution is -2.54. The Balaban J connectivity index is 2.04. The van der Waals surface area contributed by atoms with Gasteiger partial charge in [0, 0.05) is 24.7 Å². The van der Waals surface area contributed by atoms with Gasteiger partial charge in [-0.1, -0.05) is 6.92 Å². The van der Waals surface area contributed by atoms with Crippen LogP contribution in [0.5, 0.6) is 0 Å². The first kappa shape index (κ1) is 15.1. The number of hydrogen-bond donors (Lipinski definition) is 1. The molecule has 114 valence electrons. The molecule has 2 rings (SSSR count). The van der Waals surface area contributed by atoms with Crippen LogP contribution in [0, 0.1) is 5.92 Å². The Morgan fingerprint density at radius 2 is 1.85 bits per heavy atom. The molecule has 4 unspecified atom stereocenters. The zero-order valence-electron chi connectivity index (χ0n) is 12.7. The molecule has 0 saturated carbocycles. The van der Waals surface area contributed by atoms with Crippen molar-refractivity contribution in [1.29, 1.82) is 0 Å². The van der Waals surface area contributed by atoms with E-state index < -0.39 is 5.97 Å². The second-order valence-corrected chi connectivity index (χ2v) is 6.28. The van der Waals surface area contributed by atoms with Crippen molar-refractivity contribution in [3.63, 3.8) is 0 Å². The number of likely N-dealkylation sites (tertiary alicyclic amines) is 2. The second-order valence-electron chi connectivity index (χ2n) is 6.28. The Bertz CT molecular complexity index is 385. The molecule has 2 heterocycles. The zero-order chi connectivity index (χ0) is 14.9. The molecular formula is C15H26N2O3. The lowest BCUT2D eigenvalue weighted by atomic mass is 9.92. The lowest BCUT2D eigenvalue weighted by molar-refractivity contribution is -0.143. The lowest BCUT2D eigenvalue weighted by Gasteiger charge is -2.41. The predicted octanol–water partition coefficient (Wildman–Crippen LogP) is 2.55. The molecule has 0 aliphatic carbocycles. The van der Waals surface area contributed by atoms with Crippen LogP contribution in [0.25, 0.3) is 0 Å². The smallest absolute Gasteiger partial charge is 0.320 e. The Morgan fingerprint density at radius 3 is 2.40 bits per heavy atom. The molecule has 4 atom stereocenters. The summed E-state index contributed by atoms with van der Waals surface area (Å²) >= 11 is 0. The van der Waals surface area contributed by atoms with Gasteiger partial charge in [-0.3, -0.25) is 4.79 Å². The molecule has 0 bridgehead atoms. The molecule has 2 amide bonds. The average Bonchev–Trinajstić information content (AvgIpc) is 2.78. The first-order valence-electron chi connectivity index (χ1n) is 7.77. The third-order valence-corrected chi connectivity index (χ3v) is 4.95. The normalized spacial score (nSPS) is 34.4. The molecule has 0 aromatic rings. The molecule has 2 saturated heterocycles. The Kier molecular flexibility index (Phi) is 4.55. The summed E-state index contributed by atoms with van der Waals surface area (Å²) in [5, 5.41) is 9.10. The standard InChI is InChI=1S/C15H26N2O3/c1-4-13-6-5-10(2)17(13)15(20)16-8-7-12(14(18)19)9-11(16)3/h10-13H,4-9H2,1-3H3,(H,18,19). The fraction of sp³-hybridized carbons (Fsp3) is 0.867. The molecule has 0 aromatic carbocycles. The highest BCUT2D eigenvalue weighted by Crippen LogP contribution is 2.30. The van der Waals surface area contributed by atoms with Crippen molar-refractivity contribution in [2.24, 2.45) is 5.92 Å². The first-order valence-corrected chi connectivity index (χ1v) is 7.77. The summed E-state index contributed by atoms with van der Waals surface area (Å²) in [5.41, 5.74) is 0. The Morgan fingerprint density at radius 1 is 1.15 bits per heavy atom. The predicted molar refractivity (Wildman–Crippen MR) is 76.5 cm³/mol. The van der Waals surface area contributed by atoms with Gasteiger partial charge < -0.3 is 14.9 Å². The van der Waals surface area contributed by atoms with Gasteiger partial charge in [0.1, 0.15) is 0 Å². The van der Waals surface area contributed by atoms with Crippen LogP contribution in [0.2, 0.25) is 0 Å². The summed E-state index contributed by atoms with van der Waals surface area (Å²) in [4.78, 5) is 27.7. The van der Waals surface area contributed by atoms with Crippen LogP contribution in [-0.4, -0.2) is 51.6 Å². The third kappa shape index (κ3) is 2.76. The second kappa shape index (κ2) is 6.02. The molecule has 0 spiro atoms. The number of nitrogens with zero attached hydrogens (tertiary/aromatic N) is 2. The Labute approximate surface area is 120 Å². The van der Waals surface area contributed by atoms with Crippen LogP contribution in [0.3, 0.4) is 0 Å². The van der Waals surface area contributed by atoms with Gasteiger partial charge in [-0.05, 0) is 46.0 Å². The van der Waals surface area contributed by atoms with E-state index in [4.69, 9.17) is 5.11 Å². The molecule has 0 aromatic heterocycles. The van der Waals surface area contributed by atoms with E-state index in [9.17, 15) is 9.59 Å². The first-order chi connectivity index (χ1) is 9.45. The van der Waals surface area contributed by atoms with E-state index in [0.29, 0.717) is 31.5 Å². The SMILES string of the molecule is CCC1CCC(C)N1C(=O)N1CCC(C(=O)O)CC1C. The zero-order valence-corrected chi connectivity index (χ0v) is 12.7. The summed E-state index contributed by atoms with van der Waals surface area (Å²) in [5.74, 6) is -1.03. The summed E-state index contributed by atoms with van der Waals surface area (Å²) in [6.07, 6.45) is 4.30. The van der Waals surface area contributed by atoms with Gasteiger partial charge in [0.25, 0.3) is 0 Å². The highest BCUT2D eigenvalue weighted by atomic mass is 16.4. The van der Waals surface area contributed by atoms with E-state index in [-0.39, 0.29) is 18.0 Å².